The van der Waals surface area contributed by atoms with Crippen LogP contribution in [0.3, 0.4) is 0 Å². The van der Waals surface area contributed by atoms with E-state index in [0.29, 0.717) is 18.0 Å². The fraction of sp³-hybridized carbons (Fsp3) is 0.786. The average Bonchev–Trinajstić information content (AvgIpc) is 2.29. The summed E-state index contributed by atoms with van der Waals surface area (Å²) in [5.41, 5.74) is 0.528. The van der Waals surface area contributed by atoms with Gasteiger partial charge in [-0.15, -0.1) is 0 Å². The second kappa shape index (κ2) is 6.80. The number of nitrogens with zero attached hydrogens (tertiary/aromatic N) is 1. The Labute approximate surface area is 105 Å². The van der Waals surface area contributed by atoms with Crippen LogP contribution < -0.4 is 0 Å². The third kappa shape index (κ3) is 4.15. The summed E-state index contributed by atoms with van der Waals surface area (Å²) in [6.45, 7) is 4.95. The molecule has 17 heavy (non-hydrogen) atoms. The third-order valence-electron chi connectivity index (χ3n) is 3.91. The smallest absolute Gasteiger partial charge is 0.331 e. The van der Waals surface area contributed by atoms with Crippen molar-refractivity contribution < 1.29 is 9.90 Å². The van der Waals surface area contributed by atoms with E-state index in [2.05, 4.69) is 18.9 Å². The molecule has 1 aliphatic rings. The fourth-order valence-corrected chi connectivity index (χ4v) is 2.72. The van der Waals surface area contributed by atoms with Gasteiger partial charge in [-0.2, -0.15) is 0 Å². The largest absolute Gasteiger partial charge is 0.478 e. The van der Waals surface area contributed by atoms with Crippen molar-refractivity contribution in [2.45, 2.75) is 52.0 Å². The van der Waals surface area contributed by atoms with Gasteiger partial charge < -0.3 is 5.11 Å². The van der Waals surface area contributed by atoms with Gasteiger partial charge in [0.15, 0.2) is 0 Å². The number of likely N-dealkylation sites (N-methyl/N-ethyl adjacent to an activating group) is 1. The quantitative estimate of drug-likeness (QED) is 0.750. The third-order valence-corrected chi connectivity index (χ3v) is 3.91. The maximum Gasteiger partial charge on any atom is 0.331 e. The molecule has 0 amide bonds. The van der Waals surface area contributed by atoms with Crippen LogP contribution in [0.5, 0.6) is 0 Å². The van der Waals surface area contributed by atoms with Gasteiger partial charge in [0.25, 0.3) is 0 Å². The van der Waals surface area contributed by atoms with Gasteiger partial charge in [-0.1, -0.05) is 32.8 Å². The molecule has 98 valence electrons. The van der Waals surface area contributed by atoms with Crippen molar-refractivity contribution in [1.29, 1.82) is 0 Å². The summed E-state index contributed by atoms with van der Waals surface area (Å²) in [5, 5.41) is 8.96. The molecule has 1 fully saturated rings. The van der Waals surface area contributed by atoms with Crippen LogP contribution in [0, 0.1) is 5.92 Å². The van der Waals surface area contributed by atoms with Gasteiger partial charge in [0.2, 0.25) is 0 Å². The molecule has 0 aromatic carbocycles. The molecule has 1 N–H and O–H groups in total. The molecular weight excluding hydrogens is 214 g/mol. The SMILES string of the molecule is CCC(=CCN(C)C1CCCCC1C)C(=O)O. The van der Waals surface area contributed by atoms with E-state index in [-0.39, 0.29) is 0 Å². The first kappa shape index (κ1) is 14.2. The minimum absolute atomic E-state index is 0.528. The average molecular weight is 239 g/mol. The lowest BCUT2D eigenvalue weighted by Crippen LogP contribution is -2.39. The molecule has 1 aliphatic carbocycles. The van der Waals surface area contributed by atoms with Gasteiger partial charge in [-0.3, -0.25) is 4.90 Å². The maximum atomic E-state index is 10.9. The zero-order valence-corrected chi connectivity index (χ0v) is 11.3. The summed E-state index contributed by atoms with van der Waals surface area (Å²) in [5.74, 6) is -0.0466. The molecule has 0 saturated heterocycles. The van der Waals surface area contributed by atoms with E-state index in [9.17, 15) is 4.79 Å². The van der Waals surface area contributed by atoms with Crippen LogP contribution in [-0.2, 0) is 4.79 Å². The minimum atomic E-state index is -0.780. The Kier molecular flexibility index (Phi) is 5.69. The van der Waals surface area contributed by atoms with Crippen molar-refractivity contribution in [3.05, 3.63) is 11.6 Å². The minimum Gasteiger partial charge on any atom is -0.478 e. The lowest BCUT2D eigenvalue weighted by Gasteiger charge is -2.35. The first-order chi connectivity index (χ1) is 8.06. The van der Waals surface area contributed by atoms with E-state index in [1.807, 2.05) is 13.0 Å². The summed E-state index contributed by atoms with van der Waals surface area (Å²) in [7, 11) is 2.11. The number of rotatable bonds is 5. The molecule has 1 saturated carbocycles. The molecule has 0 spiro atoms. The monoisotopic (exact) mass is 239 g/mol. The number of aliphatic carboxylic acids is 1. The van der Waals surface area contributed by atoms with Crippen LogP contribution in [-0.4, -0.2) is 35.6 Å². The number of carboxylic acids is 1. The van der Waals surface area contributed by atoms with E-state index in [1.54, 1.807) is 0 Å². The first-order valence-electron chi connectivity index (χ1n) is 6.68. The molecule has 2 atom stereocenters. The molecule has 0 aliphatic heterocycles. The van der Waals surface area contributed by atoms with Gasteiger partial charge in [-0.25, -0.2) is 4.79 Å². The first-order valence-corrected chi connectivity index (χ1v) is 6.68. The van der Waals surface area contributed by atoms with Gasteiger partial charge >= 0.3 is 5.97 Å². The van der Waals surface area contributed by atoms with Crippen molar-refractivity contribution in [3.8, 4) is 0 Å². The van der Waals surface area contributed by atoms with Crippen molar-refractivity contribution >= 4 is 5.97 Å². The molecular formula is C14H25NO2. The molecule has 3 heteroatoms. The topological polar surface area (TPSA) is 40.5 Å². The van der Waals surface area contributed by atoms with Gasteiger partial charge in [-0.05, 0) is 32.2 Å². The molecule has 0 bridgehead atoms. The molecule has 0 heterocycles. The van der Waals surface area contributed by atoms with Gasteiger partial charge in [0.05, 0.1) is 0 Å². The summed E-state index contributed by atoms with van der Waals surface area (Å²) < 4.78 is 0. The highest BCUT2D eigenvalue weighted by Gasteiger charge is 2.24. The summed E-state index contributed by atoms with van der Waals surface area (Å²) in [4.78, 5) is 13.2. The number of hydrogen-bond acceptors (Lipinski definition) is 2. The summed E-state index contributed by atoms with van der Waals surface area (Å²) in [6.07, 6.45) is 7.67. The van der Waals surface area contributed by atoms with Crippen LogP contribution in [0.25, 0.3) is 0 Å². The van der Waals surface area contributed by atoms with E-state index >= 15 is 0 Å². The lowest BCUT2D eigenvalue weighted by molar-refractivity contribution is -0.132. The summed E-state index contributed by atoms with van der Waals surface area (Å²) >= 11 is 0. The van der Waals surface area contributed by atoms with Gasteiger partial charge in [0.1, 0.15) is 0 Å². The van der Waals surface area contributed by atoms with Gasteiger partial charge in [0, 0.05) is 18.2 Å². The highest BCUT2D eigenvalue weighted by molar-refractivity contribution is 5.86. The second-order valence-electron chi connectivity index (χ2n) is 5.16. The Morgan fingerprint density at radius 1 is 1.41 bits per heavy atom. The van der Waals surface area contributed by atoms with Crippen molar-refractivity contribution in [3.63, 3.8) is 0 Å². The van der Waals surface area contributed by atoms with Crippen molar-refractivity contribution in [1.82, 2.24) is 4.90 Å². The van der Waals surface area contributed by atoms with Crippen LogP contribution in [0.1, 0.15) is 46.0 Å². The molecule has 3 nitrogen and oxygen atoms in total. The number of hydrogen-bond donors (Lipinski definition) is 1. The molecule has 0 aromatic rings. The Morgan fingerprint density at radius 2 is 2.06 bits per heavy atom. The molecule has 1 rings (SSSR count). The van der Waals surface area contributed by atoms with Crippen LogP contribution >= 0.6 is 0 Å². The number of carbonyl (C=O) groups is 1. The standard InChI is InChI=1S/C14H25NO2/c1-4-12(14(16)17)9-10-15(3)13-8-6-5-7-11(13)2/h9,11,13H,4-8,10H2,1-3H3,(H,16,17). The van der Waals surface area contributed by atoms with E-state index in [1.165, 1.54) is 25.7 Å². The highest BCUT2D eigenvalue weighted by Crippen LogP contribution is 2.27. The molecule has 0 aromatic heterocycles. The van der Waals surface area contributed by atoms with E-state index in [0.717, 1.165) is 12.5 Å². The fourth-order valence-electron chi connectivity index (χ4n) is 2.72. The zero-order valence-electron chi connectivity index (χ0n) is 11.3. The van der Waals surface area contributed by atoms with Crippen LogP contribution in [0.2, 0.25) is 0 Å². The Bertz CT molecular complexity index is 286. The van der Waals surface area contributed by atoms with Crippen molar-refractivity contribution in [2.75, 3.05) is 13.6 Å². The van der Waals surface area contributed by atoms with Crippen LogP contribution in [0.4, 0.5) is 0 Å². The maximum absolute atomic E-state index is 10.9. The predicted octanol–water partition coefficient (Wildman–Crippen LogP) is 2.92. The summed E-state index contributed by atoms with van der Waals surface area (Å²) in [6, 6.07) is 0.618. The van der Waals surface area contributed by atoms with Crippen molar-refractivity contribution in [2.24, 2.45) is 5.92 Å². The number of carboxylic acid groups (broad SMARTS) is 1. The Balaban J connectivity index is 2.52. The molecule has 2 unspecified atom stereocenters. The normalized spacial score (nSPS) is 26.2. The predicted molar refractivity (Wildman–Crippen MR) is 70.1 cm³/mol. The van der Waals surface area contributed by atoms with Crippen LogP contribution in [0.15, 0.2) is 11.6 Å². The lowest BCUT2D eigenvalue weighted by atomic mass is 9.85. The Hall–Kier alpha value is -0.830. The Morgan fingerprint density at radius 3 is 2.59 bits per heavy atom. The second-order valence-corrected chi connectivity index (χ2v) is 5.16. The zero-order chi connectivity index (χ0) is 12.8. The molecule has 0 radical (unpaired) electrons. The highest BCUT2D eigenvalue weighted by atomic mass is 16.4. The van der Waals surface area contributed by atoms with E-state index in [4.69, 9.17) is 5.11 Å². The van der Waals surface area contributed by atoms with E-state index < -0.39 is 5.97 Å².